The van der Waals surface area contributed by atoms with Crippen LogP contribution in [0.2, 0.25) is 5.02 Å². The van der Waals surface area contributed by atoms with E-state index in [0.29, 0.717) is 18.0 Å². The van der Waals surface area contributed by atoms with Gasteiger partial charge in [0, 0.05) is 23.0 Å². The molecule has 0 aliphatic heterocycles. The molecule has 2 aliphatic carbocycles. The van der Waals surface area contributed by atoms with Crippen LogP contribution in [-0.2, 0) is 4.79 Å². The van der Waals surface area contributed by atoms with Gasteiger partial charge in [0.1, 0.15) is 0 Å². The van der Waals surface area contributed by atoms with Gasteiger partial charge in [-0.15, -0.1) is 0 Å². The molecule has 0 unspecified atom stereocenters. The highest BCUT2D eigenvalue weighted by Gasteiger charge is 2.34. The second-order valence-electron chi connectivity index (χ2n) is 6.50. The topological polar surface area (TPSA) is 55.1 Å². The zero-order valence-corrected chi connectivity index (χ0v) is 13.0. The summed E-state index contributed by atoms with van der Waals surface area (Å²) >= 11 is 6.25. The van der Waals surface area contributed by atoms with Gasteiger partial charge in [-0.2, -0.15) is 0 Å². The van der Waals surface area contributed by atoms with E-state index < -0.39 is 0 Å². The Morgan fingerprint density at radius 1 is 1.10 bits per heavy atom. The Morgan fingerprint density at radius 2 is 1.76 bits per heavy atom. The maximum absolute atomic E-state index is 11.2. The van der Waals surface area contributed by atoms with Gasteiger partial charge in [-0.05, 0) is 56.1 Å². The summed E-state index contributed by atoms with van der Waals surface area (Å²) in [6.07, 6.45) is 6.35. The van der Waals surface area contributed by atoms with Gasteiger partial charge in [0.15, 0.2) is 0 Å². The number of halogens is 1. The summed E-state index contributed by atoms with van der Waals surface area (Å²) in [5.74, 6) is 0.564. The van der Waals surface area contributed by atoms with Gasteiger partial charge >= 0.3 is 0 Å². The van der Waals surface area contributed by atoms with E-state index >= 15 is 0 Å². The van der Waals surface area contributed by atoms with Crippen molar-refractivity contribution < 1.29 is 4.79 Å². The first-order valence-corrected chi connectivity index (χ1v) is 8.31. The summed E-state index contributed by atoms with van der Waals surface area (Å²) < 4.78 is 0. The van der Waals surface area contributed by atoms with Crippen molar-refractivity contribution in [2.24, 2.45) is 11.7 Å². The van der Waals surface area contributed by atoms with Gasteiger partial charge in [-0.25, -0.2) is 0 Å². The molecule has 0 atom stereocenters. The first kappa shape index (κ1) is 14.9. The average Bonchev–Trinajstić information content (AvgIpc) is 2.44. The molecule has 2 saturated carbocycles. The maximum Gasteiger partial charge on any atom is 0.220 e. The number of benzene rings is 1. The van der Waals surface area contributed by atoms with Gasteiger partial charge in [0.25, 0.3) is 0 Å². The SMILES string of the molecule is NC(=O)C1CCC(NC2CC(c3ccccc3Cl)C2)CC1. The third kappa shape index (κ3) is 3.41. The Morgan fingerprint density at radius 3 is 2.38 bits per heavy atom. The Bertz CT molecular complexity index is 505. The lowest BCUT2D eigenvalue weighted by Gasteiger charge is -2.40. The van der Waals surface area contributed by atoms with Crippen molar-refractivity contribution in [2.45, 2.75) is 56.5 Å². The second kappa shape index (κ2) is 6.37. The van der Waals surface area contributed by atoms with E-state index in [0.717, 1.165) is 30.7 Å². The molecule has 0 aromatic heterocycles. The van der Waals surface area contributed by atoms with Crippen LogP contribution < -0.4 is 11.1 Å². The number of rotatable bonds is 4. The van der Waals surface area contributed by atoms with E-state index in [1.54, 1.807) is 0 Å². The molecule has 114 valence electrons. The second-order valence-corrected chi connectivity index (χ2v) is 6.91. The lowest BCUT2D eigenvalue weighted by atomic mass is 9.75. The van der Waals surface area contributed by atoms with E-state index in [2.05, 4.69) is 17.4 Å². The van der Waals surface area contributed by atoms with Gasteiger partial charge in [-0.3, -0.25) is 4.79 Å². The van der Waals surface area contributed by atoms with Crippen LogP contribution >= 0.6 is 11.6 Å². The van der Waals surface area contributed by atoms with Crippen molar-refractivity contribution in [3.8, 4) is 0 Å². The van der Waals surface area contributed by atoms with Crippen LogP contribution in [0.4, 0.5) is 0 Å². The zero-order chi connectivity index (χ0) is 14.8. The summed E-state index contributed by atoms with van der Waals surface area (Å²) in [6.45, 7) is 0. The molecular weight excluding hydrogens is 284 g/mol. The van der Waals surface area contributed by atoms with Gasteiger partial charge < -0.3 is 11.1 Å². The first-order valence-electron chi connectivity index (χ1n) is 7.93. The van der Waals surface area contributed by atoms with Crippen molar-refractivity contribution in [2.75, 3.05) is 0 Å². The van der Waals surface area contributed by atoms with Gasteiger partial charge in [-0.1, -0.05) is 29.8 Å². The third-order valence-electron chi connectivity index (χ3n) is 5.08. The van der Waals surface area contributed by atoms with Crippen molar-refractivity contribution in [3.05, 3.63) is 34.9 Å². The molecule has 2 fully saturated rings. The highest BCUT2D eigenvalue weighted by atomic mass is 35.5. The van der Waals surface area contributed by atoms with Crippen LogP contribution in [0.1, 0.15) is 50.0 Å². The normalized spacial score (nSPS) is 32.4. The van der Waals surface area contributed by atoms with Crippen molar-refractivity contribution >= 4 is 17.5 Å². The molecule has 3 N–H and O–H groups in total. The van der Waals surface area contributed by atoms with Crippen LogP contribution in [-0.4, -0.2) is 18.0 Å². The minimum Gasteiger partial charge on any atom is -0.369 e. The number of nitrogens with one attached hydrogen (secondary N) is 1. The number of carbonyl (C=O) groups is 1. The van der Waals surface area contributed by atoms with E-state index in [-0.39, 0.29) is 11.8 Å². The summed E-state index contributed by atoms with van der Waals surface area (Å²) in [7, 11) is 0. The molecular formula is C17H23ClN2O. The number of hydrogen-bond acceptors (Lipinski definition) is 2. The smallest absolute Gasteiger partial charge is 0.220 e. The molecule has 3 rings (SSSR count). The van der Waals surface area contributed by atoms with Crippen LogP contribution in [0.15, 0.2) is 24.3 Å². The summed E-state index contributed by atoms with van der Waals surface area (Å²) in [6, 6.07) is 9.31. The highest BCUT2D eigenvalue weighted by molar-refractivity contribution is 6.31. The molecule has 4 heteroatoms. The lowest BCUT2D eigenvalue weighted by molar-refractivity contribution is -0.122. The molecule has 3 nitrogen and oxygen atoms in total. The number of hydrogen-bond donors (Lipinski definition) is 2. The number of nitrogens with two attached hydrogens (primary N) is 1. The molecule has 1 aromatic rings. The Kier molecular flexibility index (Phi) is 4.51. The van der Waals surface area contributed by atoms with Crippen molar-refractivity contribution in [3.63, 3.8) is 0 Å². The van der Waals surface area contributed by atoms with Crippen LogP contribution in [0.25, 0.3) is 0 Å². The fourth-order valence-corrected chi connectivity index (χ4v) is 3.98. The minimum atomic E-state index is -0.129. The molecule has 0 heterocycles. The van der Waals surface area contributed by atoms with Gasteiger partial charge in [0.05, 0.1) is 0 Å². The highest BCUT2D eigenvalue weighted by Crippen LogP contribution is 2.40. The Balaban J connectivity index is 1.44. The van der Waals surface area contributed by atoms with E-state index in [1.165, 1.54) is 18.4 Å². The quantitative estimate of drug-likeness (QED) is 0.897. The van der Waals surface area contributed by atoms with Crippen LogP contribution in [0.5, 0.6) is 0 Å². The summed E-state index contributed by atoms with van der Waals surface area (Å²) in [5, 5.41) is 4.63. The van der Waals surface area contributed by atoms with Crippen molar-refractivity contribution in [1.29, 1.82) is 0 Å². The first-order chi connectivity index (χ1) is 10.1. The fraction of sp³-hybridized carbons (Fsp3) is 0.588. The molecule has 1 aromatic carbocycles. The largest absolute Gasteiger partial charge is 0.369 e. The summed E-state index contributed by atoms with van der Waals surface area (Å²) in [4.78, 5) is 11.2. The number of primary amides is 1. The number of carbonyl (C=O) groups excluding carboxylic acids is 1. The van der Waals surface area contributed by atoms with E-state index in [4.69, 9.17) is 17.3 Å². The standard InChI is InChI=1S/C17H23ClN2O/c18-16-4-2-1-3-15(16)12-9-14(10-12)20-13-7-5-11(6-8-13)17(19)21/h1-4,11-14,20H,5-10H2,(H2,19,21). The van der Waals surface area contributed by atoms with Crippen LogP contribution in [0, 0.1) is 5.92 Å². The summed E-state index contributed by atoms with van der Waals surface area (Å²) in [5.41, 5.74) is 6.66. The predicted octanol–water partition coefficient (Wildman–Crippen LogP) is 3.22. The predicted molar refractivity (Wildman–Crippen MR) is 85.3 cm³/mol. The molecule has 0 saturated heterocycles. The fourth-order valence-electron chi connectivity index (χ4n) is 3.69. The van der Waals surface area contributed by atoms with E-state index in [1.807, 2.05) is 12.1 Å². The average molecular weight is 307 g/mol. The molecule has 21 heavy (non-hydrogen) atoms. The zero-order valence-electron chi connectivity index (χ0n) is 12.2. The third-order valence-corrected chi connectivity index (χ3v) is 5.43. The maximum atomic E-state index is 11.2. The molecule has 0 spiro atoms. The molecule has 0 bridgehead atoms. The lowest BCUT2D eigenvalue weighted by Crippen LogP contribution is -2.47. The van der Waals surface area contributed by atoms with Gasteiger partial charge in [0.2, 0.25) is 5.91 Å². The monoisotopic (exact) mass is 306 g/mol. The Hall–Kier alpha value is -1.06. The molecule has 0 radical (unpaired) electrons. The number of amides is 1. The van der Waals surface area contributed by atoms with Crippen molar-refractivity contribution in [1.82, 2.24) is 5.32 Å². The van der Waals surface area contributed by atoms with Crippen LogP contribution in [0.3, 0.4) is 0 Å². The van der Waals surface area contributed by atoms with E-state index in [9.17, 15) is 4.79 Å². The minimum absolute atomic E-state index is 0.0975. The Labute approximate surface area is 131 Å². The molecule has 2 aliphatic rings. The molecule has 1 amide bonds.